The molecule has 10 rings (SSSR count). The molecule has 0 spiro atoms. The van der Waals surface area contributed by atoms with E-state index in [0.29, 0.717) is 17.5 Å². The summed E-state index contributed by atoms with van der Waals surface area (Å²) in [6, 6.07) is 46.7. The lowest BCUT2D eigenvalue weighted by molar-refractivity contribution is 0.601. The van der Waals surface area contributed by atoms with E-state index >= 15 is 0 Å². The second kappa shape index (κ2) is 11.6. The molecule has 0 fully saturated rings. The van der Waals surface area contributed by atoms with Gasteiger partial charge in [0.2, 0.25) is 0 Å². The van der Waals surface area contributed by atoms with E-state index < -0.39 is 0 Å². The van der Waals surface area contributed by atoms with Crippen LogP contribution in [0, 0.1) is 6.92 Å². The number of benzene rings is 6. The van der Waals surface area contributed by atoms with Gasteiger partial charge in [-0.05, 0) is 56.3 Å². The molecule has 5 nitrogen and oxygen atoms in total. The molecule has 0 unspecified atom stereocenters. The number of rotatable bonds is 5. The number of hydrogen-bond donors (Lipinski definition) is 0. The molecular formula is C45H30N4OS. The van der Waals surface area contributed by atoms with Gasteiger partial charge in [0.1, 0.15) is 11.3 Å². The van der Waals surface area contributed by atoms with Gasteiger partial charge < -0.3 is 8.98 Å². The van der Waals surface area contributed by atoms with Crippen molar-refractivity contribution in [2.75, 3.05) is 0 Å². The molecule has 0 atom stereocenters. The van der Waals surface area contributed by atoms with E-state index in [1.807, 2.05) is 55.5 Å². The van der Waals surface area contributed by atoms with Crippen LogP contribution in [0.1, 0.15) is 18.2 Å². The van der Waals surface area contributed by atoms with E-state index in [0.717, 1.165) is 65.8 Å². The van der Waals surface area contributed by atoms with Gasteiger partial charge >= 0.3 is 0 Å². The Morgan fingerprint density at radius 1 is 0.588 bits per heavy atom. The average molecular weight is 675 g/mol. The zero-order valence-corrected chi connectivity index (χ0v) is 28.8. The Morgan fingerprint density at radius 3 is 1.96 bits per heavy atom. The number of allylic oxidation sites excluding steroid dienone is 1. The highest BCUT2D eigenvalue weighted by Gasteiger charge is 2.21. The van der Waals surface area contributed by atoms with Gasteiger partial charge in [-0.15, -0.1) is 11.3 Å². The summed E-state index contributed by atoms with van der Waals surface area (Å²) < 4.78 is 11.1. The van der Waals surface area contributed by atoms with Crippen molar-refractivity contribution in [1.82, 2.24) is 19.5 Å². The first-order valence-electron chi connectivity index (χ1n) is 17.1. The molecule has 4 heterocycles. The predicted octanol–water partition coefficient (Wildman–Crippen LogP) is 12.4. The highest BCUT2D eigenvalue weighted by Crippen LogP contribution is 2.44. The molecule has 0 amide bonds. The van der Waals surface area contributed by atoms with Crippen molar-refractivity contribution < 1.29 is 4.42 Å². The van der Waals surface area contributed by atoms with Crippen molar-refractivity contribution in [3.05, 3.63) is 151 Å². The van der Waals surface area contributed by atoms with Crippen LogP contribution in [-0.2, 0) is 0 Å². The van der Waals surface area contributed by atoms with Crippen LogP contribution in [0.3, 0.4) is 0 Å². The molecule has 0 radical (unpaired) electrons. The fourth-order valence-electron chi connectivity index (χ4n) is 7.33. The maximum atomic E-state index is 6.36. The zero-order valence-electron chi connectivity index (χ0n) is 28.0. The van der Waals surface area contributed by atoms with E-state index in [1.165, 1.54) is 20.9 Å². The number of thiophene rings is 1. The van der Waals surface area contributed by atoms with Crippen LogP contribution in [0.2, 0.25) is 0 Å². The van der Waals surface area contributed by atoms with Crippen molar-refractivity contribution in [1.29, 1.82) is 0 Å². The van der Waals surface area contributed by atoms with Crippen LogP contribution < -0.4 is 0 Å². The maximum Gasteiger partial charge on any atom is 0.165 e. The SMILES string of the molecule is C/C=C\c1oc2cc3c4ccccc4n(-c4cc(-c5nc(-c6ccccc6)nc(-c6ccccc6)n5)c5sc6ccccc6c5c4)c3cc2c1C. The Morgan fingerprint density at radius 2 is 1.24 bits per heavy atom. The molecule has 0 aliphatic heterocycles. The van der Waals surface area contributed by atoms with E-state index in [9.17, 15) is 0 Å². The van der Waals surface area contributed by atoms with Gasteiger partial charge in [-0.2, -0.15) is 0 Å². The van der Waals surface area contributed by atoms with Crippen molar-refractivity contribution in [2.24, 2.45) is 0 Å². The molecule has 6 heteroatoms. The van der Waals surface area contributed by atoms with Crippen LogP contribution in [0.5, 0.6) is 0 Å². The molecule has 0 saturated heterocycles. The highest BCUT2D eigenvalue weighted by molar-refractivity contribution is 7.26. The third-order valence-electron chi connectivity index (χ3n) is 9.75. The quantitative estimate of drug-likeness (QED) is 0.182. The molecule has 51 heavy (non-hydrogen) atoms. The Kier molecular flexibility index (Phi) is 6.73. The Balaban J connectivity index is 1.31. The zero-order chi connectivity index (χ0) is 34.1. The number of fused-ring (bicyclic) bond motifs is 7. The van der Waals surface area contributed by atoms with Crippen LogP contribution in [0.15, 0.2) is 144 Å². The van der Waals surface area contributed by atoms with Gasteiger partial charge in [-0.3, -0.25) is 0 Å². The topological polar surface area (TPSA) is 56.7 Å². The monoisotopic (exact) mass is 674 g/mol. The third kappa shape index (κ3) is 4.72. The number of para-hydroxylation sites is 1. The largest absolute Gasteiger partial charge is 0.456 e. The third-order valence-corrected chi connectivity index (χ3v) is 11.0. The first-order chi connectivity index (χ1) is 25.1. The first-order valence-corrected chi connectivity index (χ1v) is 17.9. The minimum Gasteiger partial charge on any atom is -0.456 e. The standard InChI is InChI=1S/C45H30N4OS/c1-3-14-39-27(2)33-25-38-34(26-40(33)50-39)31-19-10-12-21-37(31)49(38)30-23-35-32-20-11-13-22-41(32)51-42(35)36(24-30)45-47-43(28-15-6-4-7-16-28)46-44(48-45)29-17-8-5-9-18-29/h3-26H,1-2H3/b14-3-. The van der Waals surface area contributed by atoms with Crippen LogP contribution in [0.4, 0.5) is 0 Å². The Labute approximate surface area is 297 Å². The summed E-state index contributed by atoms with van der Waals surface area (Å²) >= 11 is 1.78. The Bertz CT molecular complexity index is 2930. The van der Waals surface area contributed by atoms with Crippen molar-refractivity contribution in [2.45, 2.75) is 13.8 Å². The molecule has 0 aliphatic carbocycles. The van der Waals surface area contributed by atoms with Gasteiger partial charge in [0.15, 0.2) is 17.5 Å². The van der Waals surface area contributed by atoms with E-state index in [1.54, 1.807) is 11.3 Å². The van der Waals surface area contributed by atoms with Gasteiger partial charge in [0.05, 0.1) is 11.0 Å². The molecule has 4 aromatic heterocycles. The normalized spacial score (nSPS) is 12.0. The molecule has 0 bridgehead atoms. The number of nitrogens with zero attached hydrogens (tertiary/aromatic N) is 4. The summed E-state index contributed by atoms with van der Waals surface area (Å²) in [5.41, 5.74) is 8.18. The minimum atomic E-state index is 0.644. The average Bonchev–Trinajstić information content (AvgIpc) is 3.83. The van der Waals surface area contributed by atoms with E-state index in [-0.39, 0.29) is 0 Å². The molecule has 0 saturated carbocycles. The van der Waals surface area contributed by atoms with Gasteiger partial charge in [0.25, 0.3) is 0 Å². The lowest BCUT2D eigenvalue weighted by Crippen LogP contribution is -2.01. The van der Waals surface area contributed by atoms with Crippen LogP contribution in [-0.4, -0.2) is 19.5 Å². The molecule has 0 aliphatic rings. The van der Waals surface area contributed by atoms with Gasteiger partial charge in [0, 0.05) is 64.3 Å². The molecule has 242 valence electrons. The Hall–Kier alpha value is -6.37. The molecule has 10 aromatic rings. The fourth-order valence-corrected chi connectivity index (χ4v) is 8.52. The van der Waals surface area contributed by atoms with Gasteiger partial charge in [-0.25, -0.2) is 15.0 Å². The van der Waals surface area contributed by atoms with Crippen molar-refractivity contribution in [3.8, 4) is 39.9 Å². The maximum absolute atomic E-state index is 6.36. The molecule has 6 aromatic carbocycles. The highest BCUT2D eigenvalue weighted by atomic mass is 32.1. The van der Waals surface area contributed by atoms with Crippen molar-refractivity contribution >= 4 is 70.4 Å². The lowest BCUT2D eigenvalue weighted by Gasteiger charge is -2.13. The summed E-state index contributed by atoms with van der Waals surface area (Å²) in [6.45, 7) is 4.15. The minimum absolute atomic E-state index is 0.644. The fraction of sp³-hybridized carbons (Fsp3) is 0.0444. The van der Waals surface area contributed by atoms with Gasteiger partial charge in [-0.1, -0.05) is 103 Å². The van der Waals surface area contributed by atoms with Crippen molar-refractivity contribution in [3.63, 3.8) is 0 Å². The van der Waals surface area contributed by atoms with E-state index in [2.05, 4.69) is 109 Å². The summed E-state index contributed by atoms with van der Waals surface area (Å²) in [7, 11) is 0. The first kappa shape index (κ1) is 29.5. The van der Waals surface area contributed by atoms with E-state index in [4.69, 9.17) is 19.4 Å². The summed E-state index contributed by atoms with van der Waals surface area (Å²) in [5.74, 6) is 2.82. The smallest absolute Gasteiger partial charge is 0.165 e. The summed E-state index contributed by atoms with van der Waals surface area (Å²) in [6.07, 6.45) is 4.06. The second-order valence-electron chi connectivity index (χ2n) is 12.8. The summed E-state index contributed by atoms with van der Waals surface area (Å²) in [5, 5.41) is 5.82. The molecular weight excluding hydrogens is 645 g/mol. The summed E-state index contributed by atoms with van der Waals surface area (Å²) in [4.78, 5) is 15.4. The molecule has 0 N–H and O–H groups in total. The van der Waals surface area contributed by atoms with Crippen LogP contribution in [0.25, 0.3) is 98.9 Å². The number of furan rings is 1. The number of hydrogen-bond acceptors (Lipinski definition) is 5. The second-order valence-corrected chi connectivity index (χ2v) is 13.9. The lowest BCUT2D eigenvalue weighted by atomic mass is 10.1. The van der Waals surface area contributed by atoms with Crippen LogP contribution >= 0.6 is 11.3 Å². The number of aryl methyl sites for hydroxylation is 1. The number of aromatic nitrogens is 4. The predicted molar refractivity (Wildman–Crippen MR) is 213 cm³/mol.